The zero-order chi connectivity index (χ0) is 22.7. The Labute approximate surface area is 190 Å². The van der Waals surface area contributed by atoms with E-state index < -0.39 is 6.23 Å². The predicted molar refractivity (Wildman–Crippen MR) is 129 cm³/mol. The van der Waals surface area contributed by atoms with Crippen molar-refractivity contribution in [2.45, 2.75) is 123 Å². The van der Waals surface area contributed by atoms with Crippen LogP contribution in [0.15, 0.2) is 17.1 Å². The SMILES string of the molecule is CCCCCCCC/C=C\CCCCCCCC(=O)OC(C)N1CCN=C(C)CC1=O. The molecule has 1 amide bonds. The lowest BCUT2D eigenvalue weighted by Crippen LogP contribution is -2.42. The minimum absolute atomic E-state index is 0.0138. The van der Waals surface area contributed by atoms with Gasteiger partial charge in [0.15, 0.2) is 6.23 Å². The number of hydrogen-bond acceptors (Lipinski definition) is 4. The largest absolute Gasteiger partial charge is 0.442 e. The normalized spacial score (nSPS) is 15.8. The number of ether oxygens (including phenoxy) is 1. The van der Waals surface area contributed by atoms with Gasteiger partial charge in [0.1, 0.15) is 0 Å². The summed E-state index contributed by atoms with van der Waals surface area (Å²) in [6, 6.07) is 0. The van der Waals surface area contributed by atoms with Gasteiger partial charge < -0.3 is 9.64 Å². The monoisotopic (exact) mass is 434 g/mol. The van der Waals surface area contributed by atoms with E-state index in [0.717, 1.165) is 25.0 Å². The summed E-state index contributed by atoms with van der Waals surface area (Å²) in [7, 11) is 0. The van der Waals surface area contributed by atoms with Crippen LogP contribution in [0.25, 0.3) is 0 Å². The third-order valence-corrected chi connectivity index (χ3v) is 5.83. The van der Waals surface area contributed by atoms with Gasteiger partial charge in [-0.3, -0.25) is 14.6 Å². The van der Waals surface area contributed by atoms with Crippen LogP contribution in [-0.4, -0.2) is 41.8 Å². The van der Waals surface area contributed by atoms with E-state index in [1.54, 1.807) is 11.8 Å². The number of esters is 1. The molecular weight excluding hydrogens is 388 g/mol. The molecule has 178 valence electrons. The maximum absolute atomic E-state index is 12.2. The maximum atomic E-state index is 12.2. The molecule has 1 unspecified atom stereocenters. The van der Waals surface area contributed by atoms with Crippen LogP contribution >= 0.6 is 0 Å². The number of carbonyl (C=O) groups is 2. The first-order valence-corrected chi connectivity index (χ1v) is 12.7. The molecule has 0 N–H and O–H groups in total. The molecule has 0 fully saturated rings. The Kier molecular flexibility index (Phi) is 15.9. The Balaban J connectivity index is 1.96. The second-order valence-corrected chi connectivity index (χ2v) is 8.80. The van der Waals surface area contributed by atoms with E-state index in [2.05, 4.69) is 24.1 Å². The standard InChI is InChI=1S/C26H46N2O3/c1-4-5-6-7-8-9-10-11-12-13-14-15-16-17-18-19-26(30)31-24(3)28-21-20-27-23(2)22-25(28)29/h11-12,24H,4-10,13-22H2,1-3H3/b12-11-. The fourth-order valence-corrected chi connectivity index (χ4v) is 3.89. The molecular formula is C26H46N2O3. The van der Waals surface area contributed by atoms with Crippen molar-refractivity contribution in [3.63, 3.8) is 0 Å². The van der Waals surface area contributed by atoms with Gasteiger partial charge in [-0.25, -0.2) is 0 Å². The number of carbonyl (C=O) groups excluding carboxylic acids is 2. The minimum Gasteiger partial charge on any atom is -0.442 e. The number of aliphatic imine (C=N–C) groups is 1. The molecule has 0 aromatic rings. The van der Waals surface area contributed by atoms with Crippen LogP contribution in [0.3, 0.4) is 0 Å². The molecule has 0 radical (unpaired) electrons. The Morgan fingerprint density at radius 1 is 1.00 bits per heavy atom. The van der Waals surface area contributed by atoms with Gasteiger partial charge in [-0.2, -0.15) is 0 Å². The maximum Gasteiger partial charge on any atom is 0.307 e. The van der Waals surface area contributed by atoms with Crippen LogP contribution in [0.5, 0.6) is 0 Å². The van der Waals surface area contributed by atoms with E-state index in [1.165, 1.54) is 64.2 Å². The fourth-order valence-electron chi connectivity index (χ4n) is 3.89. The van der Waals surface area contributed by atoms with Gasteiger partial charge >= 0.3 is 5.97 Å². The summed E-state index contributed by atoms with van der Waals surface area (Å²) >= 11 is 0. The van der Waals surface area contributed by atoms with Crippen molar-refractivity contribution in [1.82, 2.24) is 4.90 Å². The molecule has 5 nitrogen and oxygen atoms in total. The Morgan fingerprint density at radius 2 is 1.58 bits per heavy atom. The number of hydrogen-bond donors (Lipinski definition) is 0. The summed E-state index contributed by atoms with van der Waals surface area (Å²) in [4.78, 5) is 30.2. The Bertz CT molecular complexity index is 557. The number of allylic oxidation sites excluding steroid dienone is 2. The second kappa shape index (κ2) is 18.0. The first kappa shape index (κ1) is 27.4. The molecule has 0 bridgehead atoms. The fraction of sp³-hybridized carbons (Fsp3) is 0.808. The summed E-state index contributed by atoms with van der Waals surface area (Å²) in [5.74, 6) is -0.222. The lowest BCUT2D eigenvalue weighted by Gasteiger charge is -2.27. The van der Waals surface area contributed by atoms with E-state index in [-0.39, 0.29) is 11.9 Å². The molecule has 1 rings (SSSR count). The second-order valence-electron chi connectivity index (χ2n) is 8.80. The molecule has 1 atom stereocenters. The van der Waals surface area contributed by atoms with Crippen LogP contribution in [0.1, 0.15) is 117 Å². The zero-order valence-electron chi connectivity index (χ0n) is 20.4. The summed E-state index contributed by atoms with van der Waals surface area (Å²) in [5, 5.41) is 0. The van der Waals surface area contributed by atoms with Crippen molar-refractivity contribution < 1.29 is 14.3 Å². The van der Waals surface area contributed by atoms with Crippen LogP contribution in [0.4, 0.5) is 0 Å². The van der Waals surface area contributed by atoms with E-state index in [0.29, 0.717) is 25.9 Å². The molecule has 0 spiro atoms. The lowest BCUT2D eigenvalue weighted by atomic mass is 10.1. The van der Waals surface area contributed by atoms with Crippen molar-refractivity contribution in [2.24, 2.45) is 4.99 Å². The third-order valence-electron chi connectivity index (χ3n) is 5.83. The third kappa shape index (κ3) is 14.1. The quantitative estimate of drug-likeness (QED) is 0.147. The smallest absolute Gasteiger partial charge is 0.307 e. The molecule has 0 aromatic carbocycles. The molecule has 5 heteroatoms. The van der Waals surface area contributed by atoms with Crippen LogP contribution < -0.4 is 0 Å². The van der Waals surface area contributed by atoms with Gasteiger partial charge in [-0.1, -0.05) is 70.4 Å². The van der Waals surface area contributed by atoms with Gasteiger partial charge in [0, 0.05) is 18.7 Å². The molecule has 0 saturated carbocycles. The molecule has 1 aliphatic rings. The average Bonchev–Trinajstić information content (AvgIpc) is 2.90. The predicted octanol–water partition coefficient (Wildman–Crippen LogP) is 6.61. The molecule has 0 aromatic heterocycles. The number of nitrogens with zero attached hydrogens (tertiary/aromatic N) is 2. The van der Waals surface area contributed by atoms with Gasteiger partial charge in [-0.15, -0.1) is 0 Å². The van der Waals surface area contributed by atoms with Gasteiger partial charge in [0.2, 0.25) is 5.91 Å². The van der Waals surface area contributed by atoms with Gasteiger partial charge in [0.05, 0.1) is 13.0 Å². The van der Waals surface area contributed by atoms with E-state index in [1.807, 2.05) is 6.92 Å². The van der Waals surface area contributed by atoms with E-state index in [4.69, 9.17) is 4.74 Å². The zero-order valence-corrected chi connectivity index (χ0v) is 20.4. The summed E-state index contributed by atoms with van der Waals surface area (Å²) < 4.78 is 5.48. The lowest BCUT2D eigenvalue weighted by molar-refractivity contribution is -0.162. The highest BCUT2D eigenvalue weighted by molar-refractivity contribution is 6.00. The average molecular weight is 435 g/mol. The molecule has 0 aliphatic carbocycles. The van der Waals surface area contributed by atoms with E-state index in [9.17, 15) is 9.59 Å². The number of rotatable bonds is 17. The minimum atomic E-state index is -0.510. The molecule has 1 heterocycles. The summed E-state index contributed by atoms with van der Waals surface area (Å²) in [5.41, 5.74) is 0.847. The van der Waals surface area contributed by atoms with Crippen molar-refractivity contribution in [3.8, 4) is 0 Å². The van der Waals surface area contributed by atoms with Crippen LogP contribution in [0, 0.1) is 0 Å². The topological polar surface area (TPSA) is 59.0 Å². The highest BCUT2D eigenvalue weighted by Gasteiger charge is 2.24. The number of amides is 1. The van der Waals surface area contributed by atoms with Gasteiger partial charge in [0.25, 0.3) is 0 Å². The number of unbranched alkanes of at least 4 members (excludes halogenated alkanes) is 11. The van der Waals surface area contributed by atoms with Crippen molar-refractivity contribution in [2.75, 3.05) is 13.1 Å². The molecule has 1 aliphatic heterocycles. The molecule has 31 heavy (non-hydrogen) atoms. The Morgan fingerprint density at radius 3 is 2.23 bits per heavy atom. The van der Waals surface area contributed by atoms with Gasteiger partial charge in [-0.05, 0) is 46.0 Å². The first-order chi connectivity index (χ1) is 15.0. The van der Waals surface area contributed by atoms with Crippen LogP contribution in [0.2, 0.25) is 0 Å². The van der Waals surface area contributed by atoms with Crippen molar-refractivity contribution in [1.29, 1.82) is 0 Å². The van der Waals surface area contributed by atoms with Crippen molar-refractivity contribution in [3.05, 3.63) is 12.2 Å². The first-order valence-electron chi connectivity index (χ1n) is 12.7. The summed E-state index contributed by atoms with van der Waals surface area (Å²) in [6.07, 6.45) is 21.0. The highest BCUT2D eigenvalue weighted by Crippen LogP contribution is 2.12. The van der Waals surface area contributed by atoms with E-state index >= 15 is 0 Å². The summed E-state index contributed by atoms with van der Waals surface area (Å²) in [6.45, 7) is 6.99. The molecule has 0 saturated heterocycles. The Hall–Kier alpha value is -1.65. The van der Waals surface area contributed by atoms with Crippen molar-refractivity contribution >= 4 is 17.6 Å². The van der Waals surface area contributed by atoms with Crippen LogP contribution in [-0.2, 0) is 14.3 Å². The highest BCUT2D eigenvalue weighted by atomic mass is 16.6.